The number of Topliss-reactive ketones (excluding diaryl/α,β-unsaturated/α-hetero) is 4. The van der Waals surface area contributed by atoms with Crippen LogP contribution in [-0.2, 0) is 12.8 Å². The highest BCUT2D eigenvalue weighted by Gasteiger charge is 2.34. The molecule has 0 fully saturated rings. The summed E-state index contributed by atoms with van der Waals surface area (Å²) in [5.41, 5.74) is 5.37. The van der Waals surface area contributed by atoms with E-state index in [0.717, 1.165) is 45.2 Å². The van der Waals surface area contributed by atoms with E-state index in [1.54, 1.807) is 83.4 Å². The summed E-state index contributed by atoms with van der Waals surface area (Å²) in [5, 5.41) is 2.70. The molecule has 0 saturated carbocycles. The van der Waals surface area contributed by atoms with Crippen LogP contribution in [-0.4, -0.2) is 23.1 Å². The molecular formula is C50H42O4S4. The molecule has 7 aromatic rings. The minimum Gasteiger partial charge on any atom is -0.288 e. The number of hydrogen-bond acceptors (Lipinski definition) is 8. The maximum absolute atomic E-state index is 13.2. The van der Waals surface area contributed by atoms with Crippen LogP contribution in [0.3, 0.4) is 0 Å². The van der Waals surface area contributed by atoms with E-state index in [0.29, 0.717) is 22.3 Å². The Bertz CT molecular complexity index is 2580. The highest BCUT2D eigenvalue weighted by molar-refractivity contribution is 7.32. The van der Waals surface area contributed by atoms with Gasteiger partial charge < -0.3 is 0 Å². The molecule has 58 heavy (non-hydrogen) atoms. The first-order valence-electron chi connectivity index (χ1n) is 20.4. The van der Waals surface area contributed by atoms with Gasteiger partial charge in [-0.05, 0) is 96.1 Å². The van der Waals surface area contributed by atoms with Crippen molar-refractivity contribution in [3.05, 3.63) is 139 Å². The van der Waals surface area contributed by atoms with Gasteiger partial charge in [-0.3, -0.25) is 19.2 Å². The third kappa shape index (κ3) is 7.04. The Labute approximate surface area is 354 Å². The lowest BCUT2D eigenvalue weighted by Gasteiger charge is -2.14. The fourth-order valence-electron chi connectivity index (χ4n) is 8.38. The highest BCUT2D eigenvalue weighted by Crippen LogP contribution is 2.49. The molecule has 2 aliphatic rings. The lowest BCUT2D eigenvalue weighted by atomic mass is 9.91. The minimum atomic E-state index is -0.201. The fraction of sp³-hybridized carbons (Fsp3) is 0.240. The van der Waals surface area contributed by atoms with E-state index in [1.807, 2.05) is 34.8 Å². The first-order chi connectivity index (χ1) is 28.3. The standard InChI is InChI=1S/C50H42O4S4/c1-3-5-7-9-15-31-32(16-10-8-6-4-2)38-28-44(42-24-22-30(56-42)26-40-47(53)35-19-13-14-20-36(35)48(40)54)58-50(38)49-37(31)27-43(57-49)41-23-21-29(55-41)25-39-45(51)33-17-11-12-18-34(33)46(39)52/h11-14,17-28H,3-10,15-16H2,1-2H3. The molecule has 0 radical (unpaired) electrons. The van der Waals surface area contributed by atoms with Gasteiger partial charge in [0.25, 0.3) is 0 Å². The summed E-state index contributed by atoms with van der Waals surface area (Å²) in [6, 6.07) is 27.3. The molecule has 0 aliphatic heterocycles. The number of unbranched alkanes of at least 4 members (excludes halogenated alkanes) is 6. The summed E-state index contributed by atoms with van der Waals surface area (Å²) in [7, 11) is 0. The summed E-state index contributed by atoms with van der Waals surface area (Å²) >= 11 is 6.93. The molecule has 3 aromatic carbocycles. The van der Waals surface area contributed by atoms with E-state index in [1.165, 1.54) is 79.6 Å². The van der Waals surface area contributed by atoms with Crippen molar-refractivity contribution >= 4 is 101 Å². The lowest BCUT2D eigenvalue weighted by molar-refractivity contribution is 0.0975. The van der Waals surface area contributed by atoms with Crippen molar-refractivity contribution in [2.24, 2.45) is 0 Å². The van der Waals surface area contributed by atoms with Crippen LogP contribution in [0.1, 0.15) is 128 Å². The number of thiophene rings is 4. The fourth-order valence-corrected chi connectivity index (χ4v) is 13.0. The summed E-state index contributed by atoms with van der Waals surface area (Å²) in [4.78, 5) is 59.2. The van der Waals surface area contributed by atoms with Crippen LogP contribution in [0.25, 0.3) is 51.8 Å². The van der Waals surface area contributed by atoms with Gasteiger partial charge in [-0.15, -0.1) is 45.3 Å². The third-order valence-corrected chi connectivity index (χ3v) is 16.3. The molecule has 0 bridgehead atoms. The van der Waals surface area contributed by atoms with Gasteiger partial charge >= 0.3 is 0 Å². The molecule has 4 nitrogen and oxygen atoms in total. The van der Waals surface area contributed by atoms with E-state index in [9.17, 15) is 19.2 Å². The number of ketones is 4. The maximum Gasteiger partial charge on any atom is 0.197 e. The van der Waals surface area contributed by atoms with Crippen LogP contribution in [0, 0.1) is 0 Å². The number of carbonyl (C=O) groups is 4. The van der Waals surface area contributed by atoms with E-state index >= 15 is 0 Å². The predicted octanol–water partition coefficient (Wildman–Crippen LogP) is 14.7. The van der Waals surface area contributed by atoms with E-state index < -0.39 is 0 Å². The zero-order valence-electron chi connectivity index (χ0n) is 32.6. The monoisotopic (exact) mass is 834 g/mol. The van der Waals surface area contributed by atoms with E-state index in [2.05, 4.69) is 38.1 Å². The summed E-state index contributed by atoms with van der Waals surface area (Å²) in [6.07, 6.45) is 15.2. The third-order valence-electron chi connectivity index (χ3n) is 11.4. The van der Waals surface area contributed by atoms with Crippen LogP contribution in [0.15, 0.2) is 96.1 Å². The average molecular weight is 835 g/mol. The summed E-state index contributed by atoms with van der Waals surface area (Å²) < 4.78 is 2.63. The van der Waals surface area contributed by atoms with Crippen LogP contribution in [0.2, 0.25) is 0 Å². The van der Waals surface area contributed by atoms with Crippen molar-refractivity contribution in [1.82, 2.24) is 0 Å². The predicted molar refractivity (Wildman–Crippen MR) is 246 cm³/mol. The molecule has 290 valence electrons. The van der Waals surface area contributed by atoms with E-state index in [-0.39, 0.29) is 34.3 Å². The highest BCUT2D eigenvalue weighted by atomic mass is 32.1. The molecule has 0 amide bonds. The Kier molecular flexibility index (Phi) is 10.9. The Hall–Kier alpha value is -4.86. The second-order valence-corrected chi connectivity index (χ2v) is 19.5. The molecule has 8 heteroatoms. The molecule has 0 saturated heterocycles. The lowest BCUT2D eigenvalue weighted by Crippen LogP contribution is -1.99. The molecule has 0 N–H and O–H groups in total. The van der Waals surface area contributed by atoms with Gasteiger partial charge in [0.05, 0.1) is 20.5 Å². The summed E-state index contributed by atoms with van der Waals surface area (Å²) in [6.45, 7) is 4.53. The van der Waals surface area contributed by atoms with Crippen molar-refractivity contribution in [3.8, 4) is 19.5 Å². The van der Waals surface area contributed by atoms with Gasteiger partial charge in [0.2, 0.25) is 0 Å². The molecule has 2 aliphatic carbocycles. The quantitative estimate of drug-likeness (QED) is 0.0622. The van der Waals surface area contributed by atoms with Gasteiger partial charge in [-0.1, -0.05) is 101 Å². The molecule has 4 heterocycles. The SMILES string of the molecule is CCCCCCc1c(CCCCCC)c2cc(-c3ccc(C=C4C(=O)c5ccccc5C4=O)s3)sc2c2sc(-c3ccc(C=C4C(=O)c5ccccc5C4=O)s3)cc12. The van der Waals surface area contributed by atoms with Crippen molar-refractivity contribution in [2.75, 3.05) is 0 Å². The molecule has 9 rings (SSSR count). The zero-order chi connectivity index (χ0) is 39.9. The molecule has 0 unspecified atom stereocenters. The number of rotatable bonds is 14. The molecule has 0 atom stereocenters. The minimum absolute atomic E-state index is 0.201. The Morgan fingerprint density at radius 2 is 0.810 bits per heavy atom. The first kappa shape index (κ1) is 38.6. The number of fused-ring (bicyclic) bond motifs is 5. The maximum atomic E-state index is 13.2. The number of benzene rings is 3. The Morgan fingerprint density at radius 1 is 0.431 bits per heavy atom. The van der Waals surface area contributed by atoms with Crippen LogP contribution in [0.5, 0.6) is 0 Å². The average Bonchev–Trinajstić information content (AvgIpc) is 4.11. The van der Waals surface area contributed by atoms with Gasteiger partial charge in [-0.2, -0.15) is 0 Å². The van der Waals surface area contributed by atoms with Crippen LogP contribution < -0.4 is 0 Å². The van der Waals surface area contributed by atoms with E-state index in [4.69, 9.17) is 0 Å². The Morgan fingerprint density at radius 3 is 1.17 bits per heavy atom. The van der Waals surface area contributed by atoms with Crippen LogP contribution >= 0.6 is 45.3 Å². The summed E-state index contributed by atoms with van der Waals surface area (Å²) in [5.74, 6) is -0.803. The second-order valence-electron chi connectivity index (χ2n) is 15.2. The van der Waals surface area contributed by atoms with Crippen molar-refractivity contribution in [3.63, 3.8) is 0 Å². The largest absolute Gasteiger partial charge is 0.288 e. The molecule has 0 spiro atoms. The number of aryl methyl sites for hydroxylation is 2. The van der Waals surface area contributed by atoms with Gasteiger partial charge in [0.15, 0.2) is 23.1 Å². The van der Waals surface area contributed by atoms with Crippen molar-refractivity contribution in [2.45, 2.75) is 78.1 Å². The topological polar surface area (TPSA) is 68.3 Å². The first-order valence-corrected chi connectivity index (χ1v) is 23.6. The van der Waals surface area contributed by atoms with Crippen LogP contribution in [0.4, 0.5) is 0 Å². The number of allylic oxidation sites excluding steroid dienone is 2. The second kappa shape index (κ2) is 16.4. The Balaban J connectivity index is 1.12. The zero-order valence-corrected chi connectivity index (χ0v) is 35.8. The number of carbonyl (C=O) groups excluding carboxylic acids is 4. The van der Waals surface area contributed by atoms with Crippen molar-refractivity contribution in [1.29, 1.82) is 0 Å². The van der Waals surface area contributed by atoms with Gasteiger partial charge in [0, 0.05) is 51.5 Å². The molecular weight excluding hydrogens is 793 g/mol. The molecule has 4 aromatic heterocycles. The smallest absolute Gasteiger partial charge is 0.197 e. The van der Waals surface area contributed by atoms with Gasteiger partial charge in [-0.25, -0.2) is 0 Å². The van der Waals surface area contributed by atoms with Crippen molar-refractivity contribution < 1.29 is 19.2 Å². The van der Waals surface area contributed by atoms with Gasteiger partial charge in [0.1, 0.15) is 0 Å². The number of hydrogen-bond donors (Lipinski definition) is 0. The normalized spacial score (nSPS) is 13.8.